The zero-order chi connectivity index (χ0) is 32.9. The normalized spacial score (nSPS) is 19.2. The molecule has 1 atom stereocenters. The summed E-state index contributed by atoms with van der Waals surface area (Å²) in [5.74, 6) is -0.140. The number of nitrogens with zero attached hydrogens (tertiary/aromatic N) is 3. The molecular weight excluding hydrogens is 584 g/mol. The van der Waals surface area contributed by atoms with Gasteiger partial charge in [-0.25, -0.2) is 9.59 Å². The average molecular weight is 631 g/mol. The molecule has 1 N–H and O–H groups in total. The Kier molecular flexibility index (Phi) is 10.8. The van der Waals surface area contributed by atoms with Crippen molar-refractivity contribution in [1.29, 1.82) is 0 Å². The van der Waals surface area contributed by atoms with E-state index in [0.29, 0.717) is 48.4 Å². The standard InChI is InChI=1S/C32H46N4O9/c1-7-27(37)33-13-15-35-25-17-24(21(4)16-26(25)45-32(5,6)29(35)39)28(38)36(20(2)3)22-10-9-14-34(18-22)30(40)42-19-43-31(41)44-23-11-8-12-23/h16-17,20,22-23H,7-15,18-19H2,1-6H3,(H,33,37)/t22-/m1/s1. The largest absolute Gasteiger partial charge is 0.511 e. The maximum Gasteiger partial charge on any atom is 0.511 e. The molecule has 45 heavy (non-hydrogen) atoms. The van der Waals surface area contributed by atoms with Crippen LogP contribution in [0.3, 0.4) is 0 Å². The number of amides is 4. The van der Waals surface area contributed by atoms with Crippen molar-refractivity contribution >= 4 is 35.7 Å². The van der Waals surface area contributed by atoms with Gasteiger partial charge in [0.1, 0.15) is 11.9 Å². The molecule has 4 amide bonds. The number of ether oxygens (including phenoxy) is 4. The lowest BCUT2D eigenvalue weighted by molar-refractivity contribution is -0.132. The van der Waals surface area contributed by atoms with Gasteiger partial charge in [-0.2, -0.15) is 0 Å². The van der Waals surface area contributed by atoms with Crippen LogP contribution in [-0.4, -0.2) is 96.5 Å². The Bertz CT molecular complexity index is 1290. The predicted molar refractivity (Wildman–Crippen MR) is 164 cm³/mol. The molecule has 13 nitrogen and oxygen atoms in total. The first kappa shape index (κ1) is 33.9. The predicted octanol–water partition coefficient (Wildman–Crippen LogP) is 4.14. The number of rotatable bonds is 10. The van der Waals surface area contributed by atoms with Crippen LogP contribution in [-0.2, 0) is 23.8 Å². The van der Waals surface area contributed by atoms with Crippen LogP contribution >= 0.6 is 0 Å². The molecule has 0 spiro atoms. The van der Waals surface area contributed by atoms with Crippen molar-refractivity contribution < 1.29 is 42.9 Å². The molecule has 3 aliphatic rings. The van der Waals surface area contributed by atoms with Crippen molar-refractivity contribution in [3.05, 3.63) is 23.3 Å². The summed E-state index contributed by atoms with van der Waals surface area (Å²) in [5.41, 5.74) is 0.449. The van der Waals surface area contributed by atoms with Gasteiger partial charge in [-0.3, -0.25) is 14.4 Å². The van der Waals surface area contributed by atoms with E-state index in [9.17, 15) is 24.0 Å². The molecule has 1 aromatic rings. The third-order valence-electron chi connectivity index (χ3n) is 8.44. The molecule has 1 saturated heterocycles. The van der Waals surface area contributed by atoms with Crippen LogP contribution in [0.15, 0.2) is 12.1 Å². The Labute approximate surface area is 264 Å². The van der Waals surface area contributed by atoms with E-state index in [-0.39, 0.29) is 55.5 Å². The third-order valence-corrected chi connectivity index (χ3v) is 8.44. The first-order valence-electron chi connectivity index (χ1n) is 15.8. The quantitative estimate of drug-likeness (QED) is 0.298. The van der Waals surface area contributed by atoms with Crippen molar-refractivity contribution in [3.63, 3.8) is 0 Å². The Morgan fingerprint density at radius 1 is 1.11 bits per heavy atom. The maximum absolute atomic E-state index is 14.2. The number of carbonyl (C=O) groups excluding carboxylic acids is 5. The van der Waals surface area contributed by atoms with E-state index < -0.39 is 24.6 Å². The number of benzene rings is 1. The van der Waals surface area contributed by atoms with Gasteiger partial charge in [0.15, 0.2) is 5.60 Å². The number of anilines is 1. The van der Waals surface area contributed by atoms with E-state index in [0.717, 1.165) is 19.3 Å². The number of carbonyl (C=O) groups is 5. The van der Waals surface area contributed by atoms with Gasteiger partial charge in [0.25, 0.3) is 11.8 Å². The van der Waals surface area contributed by atoms with E-state index in [1.54, 1.807) is 42.7 Å². The lowest BCUT2D eigenvalue weighted by Crippen LogP contribution is -2.55. The summed E-state index contributed by atoms with van der Waals surface area (Å²) in [7, 11) is 0. The van der Waals surface area contributed by atoms with Crippen molar-refractivity contribution in [2.45, 2.75) is 104 Å². The number of aryl methyl sites for hydroxylation is 1. The molecule has 2 fully saturated rings. The number of likely N-dealkylation sites (tertiary alicyclic amines) is 1. The van der Waals surface area contributed by atoms with Crippen LogP contribution in [0.5, 0.6) is 5.75 Å². The topological polar surface area (TPSA) is 144 Å². The van der Waals surface area contributed by atoms with Crippen LogP contribution in [0.25, 0.3) is 0 Å². The minimum Gasteiger partial charge on any atom is -0.476 e. The molecule has 0 radical (unpaired) electrons. The minimum atomic E-state index is -1.12. The molecule has 1 aliphatic carbocycles. The van der Waals surface area contributed by atoms with Gasteiger partial charge in [-0.05, 0) is 84.4 Å². The molecule has 248 valence electrons. The molecule has 1 aromatic carbocycles. The van der Waals surface area contributed by atoms with Gasteiger partial charge in [-0.15, -0.1) is 0 Å². The Balaban J connectivity index is 1.47. The highest BCUT2D eigenvalue weighted by molar-refractivity contribution is 6.05. The Hall–Kier alpha value is -4.03. The second-order valence-electron chi connectivity index (χ2n) is 12.5. The Morgan fingerprint density at radius 2 is 1.84 bits per heavy atom. The van der Waals surface area contributed by atoms with E-state index in [1.807, 2.05) is 20.8 Å². The highest BCUT2D eigenvalue weighted by Gasteiger charge is 2.42. The molecule has 2 aliphatic heterocycles. The summed E-state index contributed by atoms with van der Waals surface area (Å²) < 4.78 is 21.2. The number of hydrogen-bond donors (Lipinski definition) is 1. The average Bonchev–Trinajstić information content (AvgIpc) is 2.96. The summed E-state index contributed by atoms with van der Waals surface area (Å²) in [5, 5.41) is 2.80. The lowest BCUT2D eigenvalue weighted by Gasteiger charge is -2.42. The summed E-state index contributed by atoms with van der Waals surface area (Å²) in [6.07, 6.45) is 2.66. The number of nitrogens with one attached hydrogen (secondary N) is 1. The molecule has 0 aromatic heterocycles. The number of piperidine rings is 1. The summed E-state index contributed by atoms with van der Waals surface area (Å²) in [6.45, 7) is 11.4. The van der Waals surface area contributed by atoms with Crippen LogP contribution in [0.2, 0.25) is 0 Å². The molecule has 2 heterocycles. The van der Waals surface area contributed by atoms with Crippen LogP contribution in [0, 0.1) is 6.92 Å². The van der Waals surface area contributed by atoms with Gasteiger partial charge >= 0.3 is 12.2 Å². The summed E-state index contributed by atoms with van der Waals surface area (Å²) in [4.78, 5) is 68.9. The van der Waals surface area contributed by atoms with E-state index in [2.05, 4.69) is 5.32 Å². The monoisotopic (exact) mass is 630 g/mol. The van der Waals surface area contributed by atoms with Crippen LogP contribution in [0.4, 0.5) is 15.3 Å². The van der Waals surface area contributed by atoms with Gasteiger partial charge in [0, 0.05) is 44.2 Å². The zero-order valence-electron chi connectivity index (χ0n) is 27.2. The highest BCUT2D eigenvalue weighted by Crippen LogP contribution is 2.40. The zero-order valence-corrected chi connectivity index (χ0v) is 27.2. The molecule has 13 heteroatoms. The maximum atomic E-state index is 14.2. The minimum absolute atomic E-state index is 0.119. The van der Waals surface area contributed by atoms with Crippen molar-refractivity contribution in [1.82, 2.24) is 15.1 Å². The second-order valence-corrected chi connectivity index (χ2v) is 12.5. The van der Waals surface area contributed by atoms with Gasteiger partial charge in [0.05, 0.1) is 11.7 Å². The van der Waals surface area contributed by atoms with Crippen molar-refractivity contribution in [3.8, 4) is 5.75 Å². The molecule has 1 saturated carbocycles. The smallest absolute Gasteiger partial charge is 0.476 e. The first-order valence-corrected chi connectivity index (χ1v) is 15.8. The summed E-state index contributed by atoms with van der Waals surface area (Å²) >= 11 is 0. The third kappa shape index (κ3) is 7.98. The van der Waals surface area contributed by atoms with Crippen molar-refractivity contribution in [2.75, 3.05) is 37.9 Å². The Morgan fingerprint density at radius 3 is 2.49 bits per heavy atom. The van der Waals surface area contributed by atoms with Gasteiger partial charge in [-0.1, -0.05) is 6.92 Å². The van der Waals surface area contributed by atoms with Gasteiger partial charge in [0.2, 0.25) is 12.7 Å². The highest BCUT2D eigenvalue weighted by atomic mass is 16.8. The number of hydrogen-bond acceptors (Lipinski definition) is 9. The van der Waals surface area contributed by atoms with E-state index in [4.69, 9.17) is 18.9 Å². The fraction of sp³-hybridized carbons (Fsp3) is 0.656. The van der Waals surface area contributed by atoms with Crippen molar-refractivity contribution in [2.24, 2.45) is 0 Å². The molecule has 0 unspecified atom stereocenters. The number of fused-ring (bicyclic) bond motifs is 1. The summed E-state index contributed by atoms with van der Waals surface area (Å²) in [6, 6.07) is 2.96. The lowest BCUT2D eigenvalue weighted by atomic mass is 9.96. The molecular formula is C32H46N4O9. The van der Waals surface area contributed by atoms with E-state index >= 15 is 0 Å². The molecule has 0 bridgehead atoms. The van der Waals surface area contributed by atoms with Gasteiger partial charge < -0.3 is 39.0 Å². The fourth-order valence-electron chi connectivity index (χ4n) is 5.79. The second kappa shape index (κ2) is 14.4. The fourth-order valence-corrected chi connectivity index (χ4v) is 5.79. The first-order chi connectivity index (χ1) is 21.3. The van der Waals surface area contributed by atoms with Crippen LogP contribution < -0.4 is 15.0 Å². The molecule has 4 rings (SSSR count). The van der Waals surface area contributed by atoms with Crippen LogP contribution in [0.1, 0.15) is 89.1 Å². The van der Waals surface area contributed by atoms with E-state index in [1.165, 1.54) is 4.90 Å². The SMILES string of the molecule is CCC(=O)NCCN1C(=O)C(C)(C)Oc2cc(C)c(C(=O)N(C(C)C)[C@@H]3CCCN(C(=O)OCOC(=O)OC4CCC4)C3)cc21.